The molecule has 2 aromatic carbocycles. The van der Waals surface area contributed by atoms with E-state index in [4.69, 9.17) is 0 Å². The van der Waals surface area contributed by atoms with Crippen LogP contribution in [0.4, 0.5) is 0 Å². The van der Waals surface area contributed by atoms with E-state index in [1.165, 1.54) is 0 Å². The normalized spacial score (nSPS) is 15.1. The van der Waals surface area contributed by atoms with Crippen LogP contribution in [0.15, 0.2) is 60.8 Å². The number of phenolic OH excluding ortho intramolecular Hbond substituents is 1. The Labute approximate surface area is 179 Å². The fraction of sp³-hybridized carbons (Fsp3) is 0.208. The van der Waals surface area contributed by atoms with Crippen LogP contribution >= 0.6 is 0 Å². The first kappa shape index (κ1) is 19.3. The van der Waals surface area contributed by atoms with Crippen molar-refractivity contribution in [2.24, 2.45) is 0 Å². The Bertz CT molecular complexity index is 1280. The van der Waals surface area contributed by atoms with E-state index in [9.17, 15) is 15.0 Å². The first-order valence-electron chi connectivity index (χ1n) is 10.2. The number of aliphatic hydroxyl groups is 1. The molecule has 4 aromatic rings. The fourth-order valence-corrected chi connectivity index (χ4v) is 3.99. The van der Waals surface area contributed by atoms with Crippen LogP contribution in [0.25, 0.3) is 33.4 Å². The molecule has 0 aliphatic carbocycles. The molecular formula is C24H22N4O3. The van der Waals surface area contributed by atoms with Crippen LogP contribution in [0, 0.1) is 0 Å². The highest BCUT2D eigenvalue weighted by atomic mass is 16.3. The van der Waals surface area contributed by atoms with Crippen LogP contribution in [-0.2, 0) is 4.79 Å². The molecule has 1 fully saturated rings. The van der Waals surface area contributed by atoms with Crippen LogP contribution in [-0.4, -0.2) is 55.4 Å². The summed E-state index contributed by atoms with van der Waals surface area (Å²) in [7, 11) is 0. The number of nitrogens with one attached hydrogen (secondary N) is 1. The minimum Gasteiger partial charge on any atom is -0.507 e. The molecule has 1 saturated heterocycles. The molecule has 0 bridgehead atoms. The highest BCUT2D eigenvalue weighted by molar-refractivity contribution is 5.94. The van der Waals surface area contributed by atoms with E-state index in [1.54, 1.807) is 23.2 Å². The van der Waals surface area contributed by atoms with Gasteiger partial charge in [-0.3, -0.25) is 9.89 Å². The number of H-pyrrole nitrogens is 1. The molecule has 0 spiro atoms. The lowest BCUT2D eigenvalue weighted by Crippen LogP contribution is -2.54. The van der Waals surface area contributed by atoms with E-state index in [0.717, 1.165) is 22.1 Å². The highest BCUT2D eigenvalue weighted by Gasteiger charge is 2.32. The summed E-state index contributed by atoms with van der Waals surface area (Å²) in [5.74, 6) is -0.105. The molecule has 1 amide bonds. The number of fused-ring (bicyclic) bond motifs is 1. The summed E-state index contributed by atoms with van der Waals surface area (Å²) in [6.45, 7) is 2.69. The number of β-amino-alcohol motifs (C(OH)–C–C–N with tert-alkyl or cyclic N) is 1. The van der Waals surface area contributed by atoms with Gasteiger partial charge in [0, 0.05) is 35.8 Å². The van der Waals surface area contributed by atoms with Crippen molar-refractivity contribution in [2.75, 3.05) is 13.1 Å². The molecule has 1 unspecified atom stereocenters. The molecule has 3 N–H and O–H groups in total. The van der Waals surface area contributed by atoms with Gasteiger partial charge in [-0.15, -0.1) is 0 Å². The molecule has 156 valence electrons. The number of aromatic amines is 1. The maximum atomic E-state index is 12.7. The second-order valence-electron chi connectivity index (χ2n) is 7.96. The molecular weight excluding hydrogens is 392 g/mol. The second kappa shape index (κ2) is 7.52. The van der Waals surface area contributed by atoms with E-state index in [0.29, 0.717) is 30.0 Å². The summed E-state index contributed by atoms with van der Waals surface area (Å²) >= 11 is 0. The summed E-state index contributed by atoms with van der Waals surface area (Å²) in [5.41, 5.74) is 4.69. The molecule has 3 heterocycles. The van der Waals surface area contributed by atoms with E-state index in [1.807, 2.05) is 49.4 Å². The Morgan fingerprint density at radius 2 is 1.94 bits per heavy atom. The first-order valence-corrected chi connectivity index (χ1v) is 10.2. The number of aliphatic hydroxyl groups excluding tert-OH is 1. The standard InChI is InChI=1S/C24H22N4O3/c1-14(24(31)28-12-18(29)13-28)15-5-4-6-16(9-15)17-10-20-22(26-27-23(20)25-11-17)19-7-2-3-8-21(19)30/h2-11,14,18,29-30H,12-13H2,1H3,(H,25,26,27). The number of pyridine rings is 1. The maximum Gasteiger partial charge on any atom is 0.230 e. The third-order valence-electron chi connectivity index (χ3n) is 5.85. The number of hydrogen-bond acceptors (Lipinski definition) is 5. The Balaban J connectivity index is 1.50. The van der Waals surface area contributed by atoms with Gasteiger partial charge in [0.25, 0.3) is 0 Å². The number of hydrogen-bond donors (Lipinski definition) is 3. The van der Waals surface area contributed by atoms with Gasteiger partial charge in [-0.25, -0.2) is 4.98 Å². The Kier molecular flexibility index (Phi) is 4.67. The number of nitrogens with zero attached hydrogens (tertiary/aromatic N) is 3. The number of aromatic nitrogens is 3. The van der Waals surface area contributed by atoms with E-state index >= 15 is 0 Å². The molecule has 1 aliphatic rings. The van der Waals surface area contributed by atoms with Crippen LogP contribution in [0.2, 0.25) is 0 Å². The molecule has 0 radical (unpaired) electrons. The lowest BCUT2D eigenvalue weighted by molar-refractivity contribution is -0.142. The van der Waals surface area contributed by atoms with Crippen LogP contribution in [0.3, 0.4) is 0 Å². The van der Waals surface area contributed by atoms with E-state index in [-0.39, 0.29) is 17.6 Å². The average molecular weight is 414 g/mol. The predicted octanol–water partition coefficient (Wildman–Crippen LogP) is 3.30. The first-order chi connectivity index (χ1) is 15.0. The molecule has 1 aliphatic heterocycles. The zero-order chi connectivity index (χ0) is 21.5. The molecule has 7 nitrogen and oxygen atoms in total. The van der Waals surface area contributed by atoms with Gasteiger partial charge >= 0.3 is 0 Å². The van der Waals surface area contributed by atoms with Crippen molar-refractivity contribution in [3.05, 3.63) is 66.4 Å². The van der Waals surface area contributed by atoms with Gasteiger partial charge in [0.2, 0.25) is 5.91 Å². The lowest BCUT2D eigenvalue weighted by atomic mass is 9.94. The number of aromatic hydroxyl groups is 1. The number of para-hydroxylation sites is 1. The molecule has 2 aromatic heterocycles. The SMILES string of the molecule is CC(C(=O)N1CC(O)C1)c1cccc(-c2cnc3n[nH]c(-c4ccccc4O)c3c2)c1. The van der Waals surface area contributed by atoms with Gasteiger partial charge in [0.05, 0.1) is 17.7 Å². The molecule has 5 rings (SSSR count). The number of likely N-dealkylation sites (tertiary alicyclic amines) is 1. The Morgan fingerprint density at radius 3 is 2.71 bits per heavy atom. The zero-order valence-corrected chi connectivity index (χ0v) is 17.0. The Morgan fingerprint density at radius 1 is 1.13 bits per heavy atom. The Hall–Kier alpha value is -3.71. The third-order valence-corrected chi connectivity index (χ3v) is 5.85. The largest absolute Gasteiger partial charge is 0.507 e. The number of rotatable bonds is 4. The van der Waals surface area contributed by atoms with Crippen molar-refractivity contribution in [2.45, 2.75) is 18.9 Å². The maximum absolute atomic E-state index is 12.7. The van der Waals surface area contributed by atoms with Gasteiger partial charge in [-0.1, -0.05) is 36.4 Å². The summed E-state index contributed by atoms with van der Waals surface area (Å²) in [6, 6.07) is 17.0. The smallest absolute Gasteiger partial charge is 0.230 e. The monoisotopic (exact) mass is 414 g/mol. The van der Waals surface area contributed by atoms with E-state index in [2.05, 4.69) is 15.2 Å². The topological polar surface area (TPSA) is 102 Å². The number of carbonyl (C=O) groups excluding carboxylic acids is 1. The van der Waals surface area contributed by atoms with Crippen LogP contribution in [0.5, 0.6) is 5.75 Å². The third kappa shape index (κ3) is 3.43. The number of carbonyl (C=O) groups is 1. The van der Waals surface area contributed by atoms with Crippen molar-refractivity contribution >= 4 is 16.9 Å². The molecule has 7 heteroatoms. The van der Waals surface area contributed by atoms with Gasteiger partial charge in [0.15, 0.2) is 5.65 Å². The summed E-state index contributed by atoms with van der Waals surface area (Å²) in [4.78, 5) is 18.8. The zero-order valence-electron chi connectivity index (χ0n) is 17.0. The van der Waals surface area contributed by atoms with Gasteiger partial charge in [-0.05, 0) is 36.2 Å². The van der Waals surface area contributed by atoms with Crippen LogP contribution in [0.1, 0.15) is 18.4 Å². The van der Waals surface area contributed by atoms with E-state index < -0.39 is 6.10 Å². The quantitative estimate of drug-likeness (QED) is 0.476. The minimum absolute atomic E-state index is 0.0210. The number of amides is 1. The van der Waals surface area contributed by atoms with Gasteiger partial charge in [0.1, 0.15) is 5.75 Å². The highest BCUT2D eigenvalue weighted by Crippen LogP contribution is 2.34. The summed E-state index contributed by atoms with van der Waals surface area (Å²) in [5, 5.41) is 27.8. The number of phenols is 1. The van der Waals surface area contributed by atoms with Gasteiger partial charge in [-0.2, -0.15) is 5.10 Å². The molecule has 31 heavy (non-hydrogen) atoms. The molecule has 0 saturated carbocycles. The van der Waals surface area contributed by atoms with Crippen LogP contribution < -0.4 is 0 Å². The number of benzene rings is 2. The predicted molar refractivity (Wildman–Crippen MR) is 117 cm³/mol. The van der Waals surface area contributed by atoms with Crippen molar-refractivity contribution in [1.82, 2.24) is 20.1 Å². The lowest BCUT2D eigenvalue weighted by Gasteiger charge is -2.37. The second-order valence-corrected chi connectivity index (χ2v) is 7.96. The van der Waals surface area contributed by atoms with Crippen molar-refractivity contribution < 1.29 is 15.0 Å². The minimum atomic E-state index is -0.409. The summed E-state index contributed by atoms with van der Waals surface area (Å²) in [6.07, 6.45) is 1.35. The van der Waals surface area contributed by atoms with Crippen molar-refractivity contribution in [3.63, 3.8) is 0 Å². The molecule has 1 atom stereocenters. The van der Waals surface area contributed by atoms with Gasteiger partial charge < -0.3 is 15.1 Å². The average Bonchev–Trinajstić information content (AvgIpc) is 3.19. The van der Waals surface area contributed by atoms with Crippen molar-refractivity contribution in [3.8, 4) is 28.1 Å². The van der Waals surface area contributed by atoms with Crippen molar-refractivity contribution in [1.29, 1.82) is 0 Å². The fourth-order valence-electron chi connectivity index (χ4n) is 3.99. The summed E-state index contributed by atoms with van der Waals surface area (Å²) < 4.78 is 0.